The lowest BCUT2D eigenvalue weighted by Crippen LogP contribution is -2.41. The fourth-order valence-corrected chi connectivity index (χ4v) is 4.02. The Morgan fingerprint density at radius 3 is 2.86 bits per heavy atom. The van der Waals surface area contributed by atoms with Crippen molar-refractivity contribution in [3.63, 3.8) is 0 Å². The van der Waals surface area contributed by atoms with Crippen molar-refractivity contribution in [3.05, 3.63) is 34.4 Å². The maximum atomic E-state index is 12.2. The van der Waals surface area contributed by atoms with Gasteiger partial charge in [-0.3, -0.25) is 19.8 Å². The molecule has 1 aromatic carbocycles. The van der Waals surface area contributed by atoms with Crippen LogP contribution in [-0.2, 0) is 4.79 Å². The number of thioether (sulfide) groups is 1. The number of para-hydroxylation sites is 2. The van der Waals surface area contributed by atoms with Crippen LogP contribution in [0.2, 0.25) is 0 Å². The predicted octanol–water partition coefficient (Wildman–Crippen LogP) is 2.75. The molecule has 1 saturated carbocycles. The number of nitrogens with zero attached hydrogens (tertiary/aromatic N) is 2. The van der Waals surface area contributed by atoms with E-state index in [1.165, 1.54) is 18.9 Å². The van der Waals surface area contributed by atoms with Crippen molar-refractivity contribution in [1.29, 1.82) is 0 Å². The molecule has 0 radical (unpaired) electrons. The molecule has 22 heavy (non-hydrogen) atoms. The van der Waals surface area contributed by atoms with Gasteiger partial charge >= 0.3 is 0 Å². The third kappa shape index (κ3) is 3.98. The second kappa shape index (κ2) is 7.60. The molecule has 0 unspecified atom stereocenters. The van der Waals surface area contributed by atoms with Crippen molar-refractivity contribution in [2.45, 2.75) is 30.6 Å². The third-order valence-electron chi connectivity index (χ3n) is 4.05. The first-order chi connectivity index (χ1) is 10.5. The van der Waals surface area contributed by atoms with Crippen LogP contribution in [0.1, 0.15) is 19.3 Å². The Balaban J connectivity index is 1.97. The fourth-order valence-electron chi connectivity index (χ4n) is 2.96. The molecule has 0 spiro atoms. The number of hydrogen-bond acceptors (Lipinski definition) is 5. The summed E-state index contributed by atoms with van der Waals surface area (Å²) in [4.78, 5) is 24.7. The topological polar surface area (TPSA) is 75.5 Å². The number of likely N-dealkylation sites (N-methyl/N-ethyl adjacent to an activating group) is 1. The maximum Gasteiger partial charge on any atom is 0.292 e. The Bertz CT molecular complexity index is 553. The molecule has 6 nitrogen and oxygen atoms in total. The molecule has 1 N–H and O–H groups in total. The molecule has 0 heterocycles. The van der Waals surface area contributed by atoms with Crippen LogP contribution in [-0.4, -0.2) is 46.9 Å². The number of nitro benzene ring substituents is 1. The maximum absolute atomic E-state index is 12.2. The first-order valence-electron chi connectivity index (χ1n) is 7.29. The molecular formula is C15H21N3O3S. The van der Waals surface area contributed by atoms with Crippen LogP contribution in [0.3, 0.4) is 0 Å². The van der Waals surface area contributed by atoms with E-state index in [0.717, 1.165) is 6.42 Å². The van der Waals surface area contributed by atoms with Crippen LogP contribution in [0.5, 0.6) is 0 Å². The van der Waals surface area contributed by atoms with Gasteiger partial charge in [-0.2, -0.15) is 11.8 Å². The third-order valence-corrected chi connectivity index (χ3v) is 5.21. The van der Waals surface area contributed by atoms with Gasteiger partial charge in [0.15, 0.2) is 0 Å². The zero-order chi connectivity index (χ0) is 16.1. The molecule has 1 amide bonds. The van der Waals surface area contributed by atoms with Crippen LogP contribution in [0.15, 0.2) is 24.3 Å². The van der Waals surface area contributed by atoms with E-state index in [4.69, 9.17) is 0 Å². The van der Waals surface area contributed by atoms with Gasteiger partial charge in [0.05, 0.1) is 11.5 Å². The molecule has 1 aliphatic carbocycles. The van der Waals surface area contributed by atoms with Crippen LogP contribution in [0.4, 0.5) is 11.4 Å². The summed E-state index contributed by atoms with van der Waals surface area (Å²) in [5, 5.41) is 14.2. The van der Waals surface area contributed by atoms with Crippen molar-refractivity contribution in [3.8, 4) is 0 Å². The Morgan fingerprint density at radius 1 is 1.45 bits per heavy atom. The zero-order valence-corrected chi connectivity index (χ0v) is 13.6. The number of nitro groups is 1. The molecule has 1 aromatic rings. The SMILES string of the molecule is CS[C@H]1CCC[C@@H]1N(C)CC(=O)Nc1ccccc1[N+](=O)[O-]. The molecule has 0 bridgehead atoms. The molecule has 2 rings (SSSR count). The van der Waals surface area contributed by atoms with E-state index in [9.17, 15) is 14.9 Å². The van der Waals surface area contributed by atoms with Gasteiger partial charge < -0.3 is 5.32 Å². The van der Waals surface area contributed by atoms with Crippen LogP contribution < -0.4 is 5.32 Å². The van der Waals surface area contributed by atoms with Gasteiger partial charge in [-0.15, -0.1) is 0 Å². The first kappa shape index (κ1) is 16.8. The summed E-state index contributed by atoms with van der Waals surface area (Å²) in [7, 11) is 1.94. The zero-order valence-electron chi connectivity index (χ0n) is 12.8. The van der Waals surface area contributed by atoms with Gasteiger partial charge in [0.2, 0.25) is 5.91 Å². The van der Waals surface area contributed by atoms with Gasteiger partial charge in [-0.25, -0.2) is 0 Å². The van der Waals surface area contributed by atoms with Gasteiger partial charge in [-0.05, 0) is 32.2 Å². The van der Waals surface area contributed by atoms with Gasteiger partial charge in [-0.1, -0.05) is 18.6 Å². The van der Waals surface area contributed by atoms with Crippen molar-refractivity contribution in [2.75, 3.05) is 25.2 Å². The molecular weight excluding hydrogens is 302 g/mol. The lowest BCUT2D eigenvalue weighted by atomic mass is 10.2. The van der Waals surface area contributed by atoms with Crippen molar-refractivity contribution in [1.82, 2.24) is 4.90 Å². The van der Waals surface area contributed by atoms with E-state index in [-0.39, 0.29) is 23.8 Å². The quantitative estimate of drug-likeness (QED) is 0.643. The summed E-state index contributed by atoms with van der Waals surface area (Å²) in [6.45, 7) is 0.244. The van der Waals surface area contributed by atoms with E-state index in [2.05, 4.69) is 16.5 Å². The van der Waals surface area contributed by atoms with Gasteiger partial charge in [0, 0.05) is 17.4 Å². The van der Waals surface area contributed by atoms with E-state index in [0.29, 0.717) is 11.3 Å². The molecule has 7 heteroatoms. The highest BCUT2D eigenvalue weighted by molar-refractivity contribution is 7.99. The molecule has 1 aliphatic rings. The fraction of sp³-hybridized carbons (Fsp3) is 0.533. The summed E-state index contributed by atoms with van der Waals surface area (Å²) in [6.07, 6.45) is 5.57. The number of anilines is 1. The number of rotatable bonds is 6. The highest BCUT2D eigenvalue weighted by Gasteiger charge is 2.30. The number of hydrogen-bond donors (Lipinski definition) is 1. The van der Waals surface area contributed by atoms with Crippen molar-refractivity contribution < 1.29 is 9.72 Å². The van der Waals surface area contributed by atoms with Crippen LogP contribution in [0.25, 0.3) is 0 Å². The Morgan fingerprint density at radius 2 is 2.18 bits per heavy atom. The van der Waals surface area contributed by atoms with E-state index < -0.39 is 4.92 Å². The Hall–Kier alpha value is -1.60. The lowest BCUT2D eigenvalue weighted by molar-refractivity contribution is -0.383. The van der Waals surface area contributed by atoms with E-state index in [1.54, 1.807) is 18.2 Å². The largest absolute Gasteiger partial charge is 0.319 e. The first-order valence-corrected chi connectivity index (χ1v) is 8.58. The minimum absolute atomic E-state index is 0.0821. The molecule has 0 saturated heterocycles. The van der Waals surface area contributed by atoms with Crippen LogP contribution >= 0.6 is 11.8 Å². The average Bonchev–Trinajstić information content (AvgIpc) is 2.96. The second-order valence-electron chi connectivity index (χ2n) is 5.51. The van der Waals surface area contributed by atoms with E-state index >= 15 is 0 Å². The second-order valence-corrected chi connectivity index (χ2v) is 6.59. The Labute approximate surface area is 134 Å². The number of carbonyl (C=O) groups excluding carboxylic acids is 1. The molecule has 0 aromatic heterocycles. The molecule has 0 aliphatic heterocycles. The number of nitrogens with one attached hydrogen (secondary N) is 1. The lowest BCUT2D eigenvalue weighted by Gasteiger charge is -2.28. The van der Waals surface area contributed by atoms with Crippen LogP contribution in [0, 0.1) is 10.1 Å². The van der Waals surface area contributed by atoms with Gasteiger partial charge in [0.1, 0.15) is 5.69 Å². The summed E-state index contributed by atoms with van der Waals surface area (Å²) < 4.78 is 0. The minimum Gasteiger partial charge on any atom is -0.319 e. The summed E-state index contributed by atoms with van der Waals surface area (Å²) in [5.41, 5.74) is 0.167. The van der Waals surface area contributed by atoms with Crippen molar-refractivity contribution in [2.24, 2.45) is 0 Å². The Kier molecular flexibility index (Phi) is 5.79. The van der Waals surface area contributed by atoms with Gasteiger partial charge in [0.25, 0.3) is 5.69 Å². The molecule has 120 valence electrons. The average molecular weight is 323 g/mol. The molecule has 1 fully saturated rings. The van der Waals surface area contributed by atoms with Crippen molar-refractivity contribution >= 4 is 29.0 Å². The van der Waals surface area contributed by atoms with E-state index in [1.807, 2.05) is 18.8 Å². The predicted molar refractivity (Wildman–Crippen MR) is 89.3 cm³/mol. The summed E-state index contributed by atoms with van der Waals surface area (Å²) in [5.74, 6) is -0.219. The molecule has 2 atom stereocenters. The number of carbonyl (C=O) groups is 1. The highest BCUT2D eigenvalue weighted by atomic mass is 32.2. The summed E-state index contributed by atoms with van der Waals surface area (Å²) >= 11 is 1.84. The number of benzene rings is 1. The normalized spacial score (nSPS) is 21.0. The smallest absolute Gasteiger partial charge is 0.292 e. The summed E-state index contributed by atoms with van der Waals surface area (Å²) in [6, 6.07) is 6.59. The number of amides is 1. The standard InChI is InChI=1S/C15H21N3O3S/c1-17(13-8-5-9-14(13)22-2)10-15(19)16-11-6-3-4-7-12(11)18(20)21/h3-4,6-7,13-14H,5,8-10H2,1-2H3,(H,16,19)/t13-,14-/m0/s1. The monoisotopic (exact) mass is 323 g/mol. The minimum atomic E-state index is -0.486. The highest BCUT2D eigenvalue weighted by Crippen LogP contribution is 2.31.